The van der Waals surface area contributed by atoms with Crippen LogP contribution < -0.4 is 5.32 Å². The molecule has 1 amide bonds. The first-order chi connectivity index (χ1) is 12.7. The SMILES string of the molecule is O=C(CSc1nccnc1Sc1ccccc1)NCc1ccc(F)cc1. The number of nitrogens with one attached hydrogen (secondary N) is 1. The Kier molecular flexibility index (Phi) is 6.62. The molecule has 3 rings (SSSR count). The molecule has 1 heterocycles. The van der Waals surface area contributed by atoms with E-state index in [0.717, 1.165) is 20.5 Å². The van der Waals surface area contributed by atoms with Gasteiger partial charge in [0, 0.05) is 23.8 Å². The zero-order chi connectivity index (χ0) is 18.2. The molecule has 3 aromatic rings. The number of carbonyl (C=O) groups is 1. The van der Waals surface area contributed by atoms with E-state index in [1.54, 1.807) is 24.5 Å². The molecular weight excluding hydrogens is 369 g/mol. The molecule has 0 spiro atoms. The van der Waals surface area contributed by atoms with Gasteiger partial charge in [-0.2, -0.15) is 0 Å². The maximum atomic E-state index is 12.9. The van der Waals surface area contributed by atoms with Gasteiger partial charge in [-0.05, 0) is 29.8 Å². The van der Waals surface area contributed by atoms with Crippen LogP contribution >= 0.6 is 23.5 Å². The summed E-state index contributed by atoms with van der Waals surface area (Å²) in [7, 11) is 0. The molecule has 4 nitrogen and oxygen atoms in total. The number of aromatic nitrogens is 2. The van der Waals surface area contributed by atoms with E-state index in [0.29, 0.717) is 6.54 Å². The van der Waals surface area contributed by atoms with E-state index in [-0.39, 0.29) is 17.5 Å². The molecular formula is C19H16FN3OS2. The van der Waals surface area contributed by atoms with Gasteiger partial charge in [-0.25, -0.2) is 14.4 Å². The van der Waals surface area contributed by atoms with Gasteiger partial charge in [-0.1, -0.05) is 53.9 Å². The highest BCUT2D eigenvalue weighted by molar-refractivity contribution is 8.02. The molecule has 1 aromatic heterocycles. The second-order valence-electron chi connectivity index (χ2n) is 5.27. The van der Waals surface area contributed by atoms with Crippen LogP contribution in [0.4, 0.5) is 4.39 Å². The molecule has 0 bridgehead atoms. The Morgan fingerprint density at radius 2 is 1.65 bits per heavy atom. The quantitative estimate of drug-likeness (QED) is 0.619. The van der Waals surface area contributed by atoms with Crippen molar-refractivity contribution in [3.05, 3.63) is 78.4 Å². The Morgan fingerprint density at radius 3 is 2.38 bits per heavy atom. The van der Waals surface area contributed by atoms with Crippen LogP contribution in [-0.4, -0.2) is 21.6 Å². The zero-order valence-electron chi connectivity index (χ0n) is 13.8. The highest BCUT2D eigenvalue weighted by Gasteiger charge is 2.10. The highest BCUT2D eigenvalue weighted by atomic mass is 32.2. The minimum absolute atomic E-state index is 0.111. The fraction of sp³-hybridized carbons (Fsp3) is 0.105. The van der Waals surface area contributed by atoms with Crippen LogP contribution in [0, 0.1) is 5.82 Å². The lowest BCUT2D eigenvalue weighted by molar-refractivity contribution is -0.118. The number of nitrogens with zero attached hydrogens (tertiary/aromatic N) is 2. The first-order valence-electron chi connectivity index (χ1n) is 7.88. The highest BCUT2D eigenvalue weighted by Crippen LogP contribution is 2.32. The van der Waals surface area contributed by atoms with Crippen molar-refractivity contribution in [1.82, 2.24) is 15.3 Å². The van der Waals surface area contributed by atoms with E-state index in [4.69, 9.17) is 0 Å². The van der Waals surface area contributed by atoms with Crippen LogP contribution in [-0.2, 0) is 11.3 Å². The average Bonchev–Trinajstić information content (AvgIpc) is 2.68. The second-order valence-corrected chi connectivity index (χ2v) is 7.30. The monoisotopic (exact) mass is 385 g/mol. The van der Waals surface area contributed by atoms with Crippen molar-refractivity contribution in [3.63, 3.8) is 0 Å². The van der Waals surface area contributed by atoms with E-state index in [1.807, 2.05) is 30.3 Å². The number of hydrogen-bond acceptors (Lipinski definition) is 5. The van der Waals surface area contributed by atoms with Gasteiger partial charge in [-0.3, -0.25) is 4.79 Å². The molecule has 0 aliphatic rings. The average molecular weight is 385 g/mol. The van der Waals surface area contributed by atoms with E-state index < -0.39 is 0 Å². The van der Waals surface area contributed by atoms with Crippen LogP contribution in [0.3, 0.4) is 0 Å². The molecule has 0 aliphatic carbocycles. The number of thioether (sulfide) groups is 1. The molecule has 0 atom stereocenters. The van der Waals surface area contributed by atoms with Gasteiger partial charge in [0.05, 0.1) is 5.75 Å². The Morgan fingerprint density at radius 1 is 0.962 bits per heavy atom. The number of halogens is 1. The summed E-state index contributed by atoms with van der Waals surface area (Å²) in [5, 5.41) is 4.31. The second kappa shape index (κ2) is 9.35. The molecule has 0 unspecified atom stereocenters. The van der Waals surface area contributed by atoms with Crippen molar-refractivity contribution in [3.8, 4) is 0 Å². The van der Waals surface area contributed by atoms with Crippen molar-refractivity contribution < 1.29 is 9.18 Å². The third-order valence-corrected chi connectivity index (χ3v) is 5.44. The van der Waals surface area contributed by atoms with Crippen LogP contribution in [0.1, 0.15) is 5.56 Å². The first kappa shape index (κ1) is 18.4. The molecule has 7 heteroatoms. The van der Waals surface area contributed by atoms with Crippen LogP contribution in [0.2, 0.25) is 0 Å². The fourth-order valence-corrected chi connectivity index (χ4v) is 3.82. The van der Waals surface area contributed by atoms with Crippen molar-refractivity contribution in [2.45, 2.75) is 21.5 Å². The lowest BCUT2D eigenvalue weighted by atomic mass is 10.2. The number of carbonyl (C=O) groups excluding carboxylic acids is 1. The van der Waals surface area contributed by atoms with Crippen LogP contribution in [0.15, 0.2) is 81.9 Å². The van der Waals surface area contributed by atoms with Crippen molar-refractivity contribution in [2.24, 2.45) is 0 Å². The summed E-state index contributed by atoms with van der Waals surface area (Å²) in [4.78, 5) is 21.8. The van der Waals surface area contributed by atoms with Crippen molar-refractivity contribution in [1.29, 1.82) is 0 Å². The first-order valence-corrected chi connectivity index (χ1v) is 9.69. The van der Waals surface area contributed by atoms with Crippen LogP contribution in [0.25, 0.3) is 0 Å². The maximum absolute atomic E-state index is 12.9. The van der Waals surface area contributed by atoms with E-state index >= 15 is 0 Å². The Bertz CT molecular complexity index is 860. The van der Waals surface area contributed by atoms with E-state index in [2.05, 4.69) is 15.3 Å². The van der Waals surface area contributed by atoms with Crippen molar-refractivity contribution >= 4 is 29.4 Å². The number of amides is 1. The standard InChI is InChI=1S/C19H16FN3OS2/c20-15-8-6-14(7-9-15)12-23-17(24)13-25-18-19(22-11-10-21-18)26-16-4-2-1-3-5-16/h1-11H,12-13H2,(H,23,24). The van der Waals surface area contributed by atoms with Gasteiger partial charge in [0.1, 0.15) is 15.9 Å². The largest absolute Gasteiger partial charge is 0.351 e. The fourth-order valence-electron chi connectivity index (χ4n) is 2.07. The number of rotatable bonds is 7. The Hall–Kier alpha value is -2.38. The summed E-state index contributed by atoms with van der Waals surface area (Å²) in [6.07, 6.45) is 3.26. The summed E-state index contributed by atoms with van der Waals surface area (Å²) in [6.45, 7) is 0.367. The molecule has 132 valence electrons. The predicted molar refractivity (Wildman–Crippen MR) is 102 cm³/mol. The molecule has 2 aromatic carbocycles. The topological polar surface area (TPSA) is 54.9 Å². The van der Waals surface area contributed by atoms with E-state index in [1.165, 1.54) is 35.7 Å². The molecule has 0 aliphatic heterocycles. The van der Waals surface area contributed by atoms with Crippen LogP contribution in [0.5, 0.6) is 0 Å². The van der Waals surface area contributed by atoms with Gasteiger partial charge in [0.15, 0.2) is 0 Å². The minimum Gasteiger partial charge on any atom is -0.351 e. The third-order valence-electron chi connectivity index (χ3n) is 3.33. The summed E-state index contributed by atoms with van der Waals surface area (Å²) < 4.78 is 12.9. The normalized spacial score (nSPS) is 10.5. The Balaban J connectivity index is 1.54. The number of benzene rings is 2. The third kappa shape index (κ3) is 5.57. The van der Waals surface area contributed by atoms with Crippen molar-refractivity contribution in [2.75, 3.05) is 5.75 Å². The molecule has 1 N–H and O–H groups in total. The van der Waals surface area contributed by atoms with Gasteiger partial charge < -0.3 is 5.32 Å². The summed E-state index contributed by atoms with van der Waals surface area (Å²) >= 11 is 2.86. The summed E-state index contributed by atoms with van der Waals surface area (Å²) in [6, 6.07) is 16.0. The number of hydrogen-bond donors (Lipinski definition) is 1. The Labute approximate surface area is 159 Å². The van der Waals surface area contributed by atoms with Gasteiger partial charge >= 0.3 is 0 Å². The minimum atomic E-state index is -0.290. The molecule has 0 saturated heterocycles. The molecule has 26 heavy (non-hydrogen) atoms. The molecule has 0 fully saturated rings. The maximum Gasteiger partial charge on any atom is 0.230 e. The smallest absolute Gasteiger partial charge is 0.230 e. The summed E-state index contributed by atoms with van der Waals surface area (Å²) in [5.74, 6) is -0.162. The molecule has 0 saturated carbocycles. The van der Waals surface area contributed by atoms with Gasteiger partial charge in [-0.15, -0.1) is 0 Å². The predicted octanol–water partition coefficient (Wildman–Crippen LogP) is 4.18. The van der Waals surface area contributed by atoms with E-state index in [9.17, 15) is 9.18 Å². The molecule has 0 radical (unpaired) electrons. The summed E-state index contributed by atoms with van der Waals surface area (Å²) in [5.41, 5.74) is 0.851. The lowest BCUT2D eigenvalue weighted by Crippen LogP contribution is -2.24. The lowest BCUT2D eigenvalue weighted by Gasteiger charge is -2.08. The zero-order valence-corrected chi connectivity index (χ0v) is 15.4. The van der Waals surface area contributed by atoms with Gasteiger partial charge in [0.2, 0.25) is 5.91 Å². The van der Waals surface area contributed by atoms with Gasteiger partial charge in [0.25, 0.3) is 0 Å².